The number of aliphatic hydroxyl groups excluding tert-OH is 2. The van der Waals surface area contributed by atoms with Crippen molar-refractivity contribution in [3.8, 4) is 0 Å². The van der Waals surface area contributed by atoms with Crippen LogP contribution in [0.2, 0.25) is 12.1 Å². The Morgan fingerprint density at radius 2 is 1.19 bits per heavy atom. The Labute approximate surface area is 183 Å². The molecule has 10 nitrogen and oxygen atoms in total. The van der Waals surface area contributed by atoms with Crippen LogP contribution in [0.1, 0.15) is 38.5 Å². The lowest BCUT2D eigenvalue weighted by atomic mass is 10.0. The molecule has 2 rings (SSSR count). The number of carbonyl (C=O) groups excluding carboxylic acids is 4. The van der Waals surface area contributed by atoms with Crippen LogP contribution >= 0.6 is 0 Å². The highest BCUT2D eigenvalue weighted by atomic mass is 28.4. The summed E-state index contributed by atoms with van der Waals surface area (Å²) in [5.41, 5.74) is 0. The molecule has 11 heteroatoms. The largest absolute Gasteiger partial charge is 0.398 e. The monoisotopic (exact) mass is 458 g/mol. The van der Waals surface area contributed by atoms with Crippen molar-refractivity contribution in [1.82, 2.24) is 9.80 Å². The summed E-state index contributed by atoms with van der Waals surface area (Å²) in [6.45, 7) is -0.386. The average Bonchev–Trinajstić information content (AvgIpc) is 3.17. The van der Waals surface area contributed by atoms with Gasteiger partial charge in [-0.3, -0.25) is 29.0 Å². The second-order valence-corrected chi connectivity index (χ2v) is 11.8. The minimum Gasteiger partial charge on any atom is -0.398 e. The molecule has 2 fully saturated rings. The molecule has 176 valence electrons. The van der Waals surface area contributed by atoms with E-state index in [4.69, 9.17) is 19.1 Å². The van der Waals surface area contributed by atoms with Gasteiger partial charge in [-0.15, -0.1) is 0 Å². The molecule has 0 aliphatic carbocycles. The minimum absolute atomic E-state index is 0.0428. The lowest BCUT2D eigenvalue weighted by Gasteiger charge is -2.28. The smallest absolute Gasteiger partial charge is 0.337 e. The van der Waals surface area contributed by atoms with Gasteiger partial charge in [0.2, 0.25) is 23.6 Å². The molecular formula is C20H34N2O8Si. The molecule has 2 N–H and O–H groups in total. The summed E-state index contributed by atoms with van der Waals surface area (Å²) >= 11 is 0. The van der Waals surface area contributed by atoms with Gasteiger partial charge >= 0.3 is 8.56 Å². The molecule has 0 bridgehead atoms. The van der Waals surface area contributed by atoms with Crippen LogP contribution in [-0.4, -0.2) is 92.7 Å². The first-order valence-electron chi connectivity index (χ1n) is 10.8. The van der Waals surface area contributed by atoms with Gasteiger partial charge in [-0.1, -0.05) is 12.8 Å². The number of rotatable bonds is 14. The van der Waals surface area contributed by atoms with Gasteiger partial charge < -0.3 is 19.1 Å². The van der Waals surface area contributed by atoms with Crippen LogP contribution in [0.15, 0.2) is 0 Å². The van der Waals surface area contributed by atoms with Gasteiger partial charge in [-0.2, -0.15) is 0 Å². The van der Waals surface area contributed by atoms with Gasteiger partial charge in [-0.05, 0) is 24.9 Å². The normalized spacial score (nSPS) is 22.3. The predicted octanol–water partition coefficient (Wildman–Crippen LogP) is 0.0166. The molecule has 2 heterocycles. The van der Waals surface area contributed by atoms with E-state index < -0.39 is 8.56 Å². The second-order valence-electron chi connectivity index (χ2n) is 8.12. The van der Waals surface area contributed by atoms with E-state index in [1.807, 2.05) is 0 Å². The molecule has 31 heavy (non-hydrogen) atoms. The van der Waals surface area contributed by atoms with Crippen molar-refractivity contribution in [2.45, 2.75) is 50.6 Å². The molecule has 0 aromatic rings. The minimum atomic E-state index is -2.53. The molecule has 0 radical (unpaired) electrons. The fourth-order valence-corrected chi connectivity index (χ4v) is 7.19. The number of likely N-dealkylation sites (tertiary alicyclic amines) is 2. The number of hydrogen-bond donors (Lipinski definition) is 2. The Hall–Kier alpha value is -1.66. The van der Waals surface area contributed by atoms with Crippen molar-refractivity contribution in [2.75, 3.05) is 40.5 Å². The van der Waals surface area contributed by atoms with Crippen molar-refractivity contribution in [2.24, 2.45) is 11.8 Å². The van der Waals surface area contributed by atoms with Gasteiger partial charge in [0.15, 0.2) is 0 Å². The zero-order chi connectivity index (χ0) is 23.0. The van der Waals surface area contributed by atoms with Crippen LogP contribution in [0.3, 0.4) is 0 Å². The third kappa shape index (κ3) is 6.19. The number of nitrogens with zero attached hydrogens (tertiary/aromatic N) is 2. The number of aliphatic hydroxyl groups is 2. The highest BCUT2D eigenvalue weighted by Gasteiger charge is 2.41. The van der Waals surface area contributed by atoms with E-state index in [9.17, 15) is 19.2 Å². The van der Waals surface area contributed by atoms with Gasteiger partial charge in [0.25, 0.3) is 0 Å². The van der Waals surface area contributed by atoms with Crippen molar-refractivity contribution in [1.29, 1.82) is 0 Å². The van der Waals surface area contributed by atoms with E-state index >= 15 is 0 Å². The van der Waals surface area contributed by atoms with Crippen LogP contribution in [0.5, 0.6) is 0 Å². The van der Waals surface area contributed by atoms with Crippen LogP contribution in [0.25, 0.3) is 0 Å². The zero-order valence-electron chi connectivity index (χ0n) is 18.4. The molecule has 0 aromatic heterocycles. The first kappa shape index (κ1) is 25.6. The van der Waals surface area contributed by atoms with Gasteiger partial charge in [-0.25, -0.2) is 0 Å². The van der Waals surface area contributed by atoms with Crippen molar-refractivity contribution >= 4 is 32.2 Å². The first-order valence-corrected chi connectivity index (χ1v) is 13.1. The molecule has 2 unspecified atom stereocenters. The highest BCUT2D eigenvalue weighted by molar-refractivity contribution is 6.67. The van der Waals surface area contributed by atoms with Gasteiger partial charge in [0.05, 0.1) is 26.3 Å². The maximum atomic E-state index is 12.3. The van der Waals surface area contributed by atoms with E-state index in [0.29, 0.717) is 37.8 Å². The number of β-amino-alcohol motifs (C(OH)–C–C–N with tert-alkyl or cyclic N) is 2. The Morgan fingerprint density at radius 1 is 0.806 bits per heavy atom. The van der Waals surface area contributed by atoms with Crippen LogP contribution < -0.4 is 0 Å². The fourth-order valence-electron chi connectivity index (χ4n) is 4.48. The summed E-state index contributed by atoms with van der Waals surface area (Å²) in [5.74, 6) is -1.65. The highest BCUT2D eigenvalue weighted by Crippen LogP contribution is 2.31. The summed E-state index contributed by atoms with van der Waals surface area (Å²) in [4.78, 5) is 50.7. The molecule has 2 saturated heterocycles. The summed E-state index contributed by atoms with van der Waals surface area (Å²) in [6, 6.07) is 1.32. The van der Waals surface area contributed by atoms with Crippen LogP contribution in [0, 0.1) is 11.8 Å². The third-order valence-electron chi connectivity index (χ3n) is 6.29. The quantitative estimate of drug-likeness (QED) is 0.275. The molecule has 0 spiro atoms. The Balaban J connectivity index is 1.82. The van der Waals surface area contributed by atoms with Crippen molar-refractivity contribution < 1.29 is 38.2 Å². The number of hydrogen-bond acceptors (Lipinski definition) is 8. The Morgan fingerprint density at radius 3 is 1.52 bits per heavy atom. The topological polar surface area (TPSA) is 134 Å². The number of carbonyl (C=O) groups is 4. The third-order valence-corrected chi connectivity index (χ3v) is 10.0. The second kappa shape index (κ2) is 11.8. The lowest BCUT2D eigenvalue weighted by Crippen LogP contribution is -2.40. The Bertz CT molecular complexity index is 618. The summed E-state index contributed by atoms with van der Waals surface area (Å²) in [5, 5.41) is 18.0. The molecule has 0 aromatic carbocycles. The number of amides is 4. The van der Waals surface area contributed by atoms with E-state index in [1.165, 1.54) is 0 Å². The molecule has 2 aliphatic rings. The maximum absolute atomic E-state index is 12.3. The molecule has 4 amide bonds. The zero-order valence-corrected chi connectivity index (χ0v) is 19.4. The SMILES string of the molecule is CO[Si](CCCC1CC(=O)N(CCO)C1=O)(CCCC1CC(=O)N(CCO)C1=O)OC. The van der Waals surface area contributed by atoms with E-state index in [1.54, 1.807) is 14.2 Å². The summed E-state index contributed by atoms with van der Waals surface area (Å²) in [6.07, 6.45) is 2.82. The van der Waals surface area contributed by atoms with E-state index in [-0.39, 0.29) is 74.6 Å². The van der Waals surface area contributed by atoms with Crippen LogP contribution in [0.4, 0.5) is 0 Å². The van der Waals surface area contributed by atoms with E-state index in [0.717, 1.165) is 9.80 Å². The first-order chi connectivity index (χ1) is 14.8. The number of imide groups is 2. The predicted molar refractivity (Wildman–Crippen MR) is 112 cm³/mol. The van der Waals surface area contributed by atoms with Crippen molar-refractivity contribution in [3.63, 3.8) is 0 Å². The van der Waals surface area contributed by atoms with Crippen LogP contribution in [-0.2, 0) is 28.0 Å². The molecule has 2 atom stereocenters. The maximum Gasteiger partial charge on any atom is 0.337 e. The Kier molecular flexibility index (Phi) is 9.75. The van der Waals surface area contributed by atoms with Gasteiger partial charge in [0, 0.05) is 38.9 Å². The lowest BCUT2D eigenvalue weighted by molar-refractivity contribution is -0.141. The summed E-state index contributed by atoms with van der Waals surface area (Å²) < 4.78 is 11.5. The van der Waals surface area contributed by atoms with E-state index in [2.05, 4.69) is 0 Å². The average molecular weight is 459 g/mol. The van der Waals surface area contributed by atoms with Crippen molar-refractivity contribution in [3.05, 3.63) is 0 Å². The molecule has 0 saturated carbocycles. The molecule has 2 aliphatic heterocycles. The molecular weight excluding hydrogens is 424 g/mol. The van der Waals surface area contributed by atoms with Gasteiger partial charge in [0.1, 0.15) is 0 Å². The fraction of sp³-hybridized carbons (Fsp3) is 0.800. The standard InChI is InChI=1S/C20H34N2O8Si/c1-29-31(30-2,11-3-5-15-13-17(25)21(7-9-23)19(15)27)12-4-6-16-14-18(26)22(8-10-24)20(16)28/h15-16,23-24H,3-14H2,1-2H3. The summed E-state index contributed by atoms with van der Waals surface area (Å²) in [7, 11) is 0.685.